The van der Waals surface area contributed by atoms with E-state index in [9.17, 15) is 4.79 Å². The molecule has 60 valence electrons. The second-order valence-corrected chi connectivity index (χ2v) is 2.79. The number of hydrogen-bond acceptors (Lipinski definition) is 2. The number of nitrogens with zero attached hydrogens (tertiary/aromatic N) is 1. The summed E-state index contributed by atoms with van der Waals surface area (Å²) in [5, 5.41) is 9.10. The summed E-state index contributed by atoms with van der Waals surface area (Å²) in [7, 11) is 0. The van der Waals surface area contributed by atoms with E-state index in [-0.39, 0.29) is 5.78 Å². The summed E-state index contributed by atoms with van der Waals surface area (Å²) >= 11 is 5.64. The van der Waals surface area contributed by atoms with Crippen molar-refractivity contribution in [3.63, 3.8) is 0 Å². The van der Waals surface area contributed by atoms with Crippen molar-refractivity contribution in [1.29, 1.82) is 5.26 Å². The Labute approximate surface area is 75.4 Å². The van der Waals surface area contributed by atoms with Gasteiger partial charge in [-0.05, 0) is 25.1 Å². The van der Waals surface area contributed by atoms with E-state index in [1.807, 2.05) is 6.07 Å². The second-order valence-electron chi connectivity index (χ2n) is 2.36. The minimum absolute atomic E-state index is 0.122. The van der Waals surface area contributed by atoms with Crippen LogP contribution in [0.3, 0.4) is 0 Å². The number of ketones is 1. The van der Waals surface area contributed by atoms with Gasteiger partial charge in [0.05, 0.1) is 11.6 Å². The third-order valence-corrected chi connectivity index (χ3v) is 1.72. The summed E-state index contributed by atoms with van der Waals surface area (Å²) in [5.74, 6) is -0.122. The van der Waals surface area contributed by atoms with Crippen LogP contribution in [0.25, 0.3) is 0 Å². The van der Waals surface area contributed by atoms with Crippen LogP contribution in [0.5, 0.6) is 0 Å². The average molecular weight is 180 g/mol. The minimum Gasteiger partial charge on any atom is -0.294 e. The zero-order chi connectivity index (χ0) is 9.14. The van der Waals surface area contributed by atoms with Crippen LogP contribution in [0.1, 0.15) is 22.8 Å². The van der Waals surface area contributed by atoms with Gasteiger partial charge in [0.25, 0.3) is 0 Å². The molecule has 0 aliphatic heterocycles. The van der Waals surface area contributed by atoms with E-state index >= 15 is 0 Å². The highest BCUT2D eigenvalue weighted by Crippen LogP contribution is 2.15. The van der Waals surface area contributed by atoms with Crippen molar-refractivity contribution >= 4 is 17.4 Å². The normalized spacial score (nSPS) is 9.08. The predicted molar refractivity (Wildman–Crippen MR) is 46.2 cm³/mol. The maximum Gasteiger partial charge on any atom is 0.161 e. The molecule has 1 aromatic carbocycles. The second kappa shape index (κ2) is 3.38. The standard InChI is InChI=1S/C9H6ClNO/c1-6(12)9-3-2-8(10)4-7(9)5-11/h2-4H,1H3. The largest absolute Gasteiger partial charge is 0.294 e. The summed E-state index contributed by atoms with van der Waals surface area (Å²) in [5.41, 5.74) is 0.747. The lowest BCUT2D eigenvalue weighted by Crippen LogP contribution is -1.95. The predicted octanol–water partition coefficient (Wildman–Crippen LogP) is 2.41. The highest BCUT2D eigenvalue weighted by molar-refractivity contribution is 6.30. The molecule has 0 saturated carbocycles. The van der Waals surface area contributed by atoms with Crippen molar-refractivity contribution in [2.75, 3.05) is 0 Å². The number of carbonyl (C=O) groups is 1. The summed E-state index contributed by atoms with van der Waals surface area (Å²) in [6.45, 7) is 1.42. The van der Waals surface area contributed by atoms with Crippen LogP contribution in [-0.4, -0.2) is 5.78 Å². The van der Waals surface area contributed by atoms with E-state index in [0.29, 0.717) is 16.1 Å². The Morgan fingerprint density at radius 1 is 1.58 bits per heavy atom. The van der Waals surface area contributed by atoms with E-state index in [1.54, 1.807) is 12.1 Å². The van der Waals surface area contributed by atoms with Crippen molar-refractivity contribution in [1.82, 2.24) is 0 Å². The first-order valence-corrected chi connectivity index (χ1v) is 3.73. The fourth-order valence-electron chi connectivity index (χ4n) is 0.916. The highest BCUT2D eigenvalue weighted by atomic mass is 35.5. The topological polar surface area (TPSA) is 40.9 Å². The lowest BCUT2D eigenvalue weighted by atomic mass is 10.1. The molecule has 0 aliphatic rings. The Morgan fingerprint density at radius 3 is 2.75 bits per heavy atom. The fraction of sp³-hybridized carbons (Fsp3) is 0.111. The molecule has 12 heavy (non-hydrogen) atoms. The number of halogens is 1. The maximum atomic E-state index is 10.9. The van der Waals surface area contributed by atoms with E-state index < -0.39 is 0 Å². The van der Waals surface area contributed by atoms with Gasteiger partial charge in [0.2, 0.25) is 0 Å². The SMILES string of the molecule is CC(=O)c1ccc(Cl)cc1C#N. The molecule has 0 amide bonds. The third kappa shape index (κ3) is 1.63. The van der Waals surface area contributed by atoms with Crippen LogP contribution in [0, 0.1) is 11.3 Å². The minimum atomic E-state index is -0.122. The van der Waals surface area contributed by atoms with Gasteiger partial charge < -0.3 is 0 Å². The van der Waals surface area contributed by atoms with E-state index in [1.165, 1.54) is 13.0 Å². The van der Waals surface area contributed by atoms with Crippen LogP contribution in [0.15, 0.2) is 18.2 Å². The molecule has 0 heterocycles. The first-order valence-electron chi connectivity index (χ1n) is 3.35. The van der Waals surface area contributed by atoms with Crippen LogP contribution in [0.4, 0.5) is 0 Å². The van der Waals surface area contributed by atoms with Gasteiger partial charge in [0.15, 0.2) is 5.78 Å². The fourth-order valence-corrected chi connectivity index (χ4v) is 1.09. The first-order chi connectivity index (χ1) is 5.65. The van der Waals surface area contributed by atoms with Crippen molar-refractivity contribution in [2.45, 2.75) is 6.92 Å². The molecule has 0 fully saturated rings. The molecule has 2 nitrogen and oxygen atoms in total. The summed E-state index contributed by atoms with van der Waals surface area (Å²) < 4.78 is 0. The van der Waals surface area contributed by atoms with Gasteiger partial charge in [-0.1, -0.05) is 11.6 Å². The first kappa shape index (κ1) is 8.76. The Hall–Kier alpha value is -1.33. The lowest BCUT2D eigenvalue weighted by Gasteiger charge is -1.98. The summed E-state index contributed by atoms with van der Waals surface area (Å²) in [4.78, 5) is 10.9. The molecule has 0 saturated heterocycles. The zero-order valence-electron chi connectivity index (χ0n) is 6.47. The lowest BCUT2D eigenvalue weighted by molar-refractivity contribution is 0.101. The number of rotatable bonds is 1. The molecular weight excluding hydrogens is 174 g/mol. The van der Waals surface area contributed by atoms with Gasteiger partial charge >= 0.3 is 0 Å². The quantitative estimate of drug-likeness (QED) is 0.622. The van der Waals surface area contributed by atoms with Gasteiger partial charge in [0.1, 0.15) is 0 Å². The van der Waals surface area contributed by atoms with Gasteiger partial charge in [0, 0.05) is 10.6 Å². The number of nitriles is 1. The van der Waals surface area contributed by atoms with Crippen LogP contribution in [-0.2, 0) is 0 Å². The van der Waals surface area contributed by atoms with E-state index in [4.69, 9.17) is 16.9 Å². The molecule has 0 atom stereocenters. The Balaban J connectivity index is 3.32. The molecule has 1 rings (SSSR count). The van der Waals surface area contributed by atoms with Gasteiger partial charge in [-0.3, -0.25) is 4.79 Å². The van der Waals surface area contributed by atoms with E-state index in [2.05, 4.69) is 0 Å². The molecular formula is C9H6ClNO. The Morgan fingerprint density at radius 2 is 2.25 bits per heavy atom. The highest BCUT2D eigenvalue weighted by Gasteiger charge is 2.06. The summed E-state index contributed by atoms with van der Waals surface area (Å²) in [6.07, 6.45) is 0. The third-order valence-electron chi connectivity index (χ3n) is 1.48. The zero-order valence-corrected chi connectivity index (χ0v) is 7.22. The molecule has 1 aromatic rings. The molecule has 0 bridgehead atoms. The van der Waals surface area contributed by atoms with Gasteiger partial charge in [-0.25, -0.2) is 0 Å². The molecule has 0 aliphatic carbocycles. The number of hydrogen-bond donors (Lipinski definition) is 0. The van der Waals surface area contributed by atoms with Gasteiger partial charge in [-0.2, -0.15) is 5.26 Å². The Bertz CT molecular complexity index is 365. The van der Waals surface area contributed by atoms with Crippen molar-refractivity contribution in [3.8, 4) is 6.07 Å². The number of carbonyl (C=O) groups excluding carboxylic acids is 1. The molecule has 0 spiro atoms. The average Bonchev–Trinajstić information content (AvgIpc) is 2.03. The van der Waals surface area contributed by atoms with Gasteiger partial charge in [-0.15, -0.1) is 0 Å². The molecule has 3 heteroatoms. The molecule has 0 unspecified atom stereocenters. The monoisotopic (exact) mass is 179 g/mol. The van der Waals surface area contributed by atoms with Crippen LogP contribution in [0.2, 0.25) is 5.02 Å². The van der Waals surface area contributed by atoms with Crippen LogP contribution >= 0.6 is 11.6 Å². The number of benzene rings is 1. The van der Waals surface area contributed by atoms with Crippen LogP contribution < -0.4 is 0 Å². The maximum absolute atomic E-state index is 10.9. The molecule has 0 N–H and O–H groups in total. The smallest absolute Gasteiger partial charge is 0.161 e. The van der Waals surface area contributed by atoms with Crippen molar-refractivity contribution in [2.24, 2.45) is 0 Å². The van der Waals surface area contributed by atoms with E-state index in [0.717, 1.165) is 0 Å². The number of Topliss-reactive ketones (excluding diaryl/α,β-unsaturated/α-hetero) is 1. The van der Waals surface area contributed by atoms with Crippen molar-refractivity contribution in [3.05, 3.63) is 34.3 Å². The Kier molecular flexibility index (Phi) is 2.47. The molecule has 0 aromatic heterocycles. The van der Waals surface area contributed by atoms with Crippen molar-refractivity contribution < 1.29 is 4.79 Å². The molecule has 0 radical (unpaired) electrons. The summed E-state index contributed by atoms with van der Waals surface area (Å²) in [6, 6.07) is 6.55.